The lowest BCUT2D eigenvalue weighted by Gasteiger charge is -2.26. The molecule has 1 aliphatic heterocycles. The van der Waals surface area contributed by atoms with Crippen LogP contribution in [0.25, 0.3) is 0 Å². The number of halogens is 1. The third-order valence-electron chi connectivity index (χ3n) is 4.35. The Bertz CT molecular complexity index is 598. The number of rotatable bonds is 6. The molecule has 1 N–H and O–H groups in total. The zero-order chi connectivity index (χ0) is 17.0. The van der Waals surface area contributed by atoms with Gasteiger partial charge in [-0.15, -0.1) is 11.8 Å². The Morgan fingerprint density at radius 2 is 1.83 bits per heavy atom. The van der Waals surface area contributed by atoms with Crippen LogP contribution in [0.1, 0.15) is 18.4 Å². The maximum atomic E-state index is 12.2. The number of nitrogens with one attached hydrogen (secondary N) is 1. The minimum atomic E-state index is -0.240. The van der Waals surface area contributed by atoms with Crippen molar-refractivity contribution in [1.82, 2.24) is 10.2 Å². The Kier molecular flexibility index (Phi) is 5.69. The van der Waals surface area contributed by atoms with E-state index in [1.807, 2.05) is 24.3 Å². The molecule has 5 nitrogen and oxygen atoms in total. The van der Waals surface area contributed by atoms with Crippen molar-refractivity contribution in [2.45, 2.75) is 18.4 Å². The first-order valence-corrected chi connectivity index (χ1v) is 9.63. The lowest BCUT2D eigenvalue weighted by molar-refractivity contribution is -0.132. The van der Waals surface area contributed by atoms with E-state index in [0.29, 0.717) is 42.8 Å². The molecule has 0 aromatic heterocycles. The van der Waals surface area contributed by atoms with E-state index in [-0.39, 0.29) is 17.4 Å². The maximum Gasteiger partial charge on any atom is 0.232 e. The Labute approximate surface area is 151 Å². The summed E-state index contributed by atoms with van der Waals surface area (Å²) in [6.07, 6.45) is 1.88. The van der Waals surface area contributed by atoms with Gasteiger partial charge >= 0.3 is 0 Å². The molecule has 0 bridgehead atoms. The van der Waals surface area contributed by atoms with Crippen LogP contribution < -0.4 is 5.32 Å². The van der Waals surface area contributed by atoms with Crippen molar-refractivity contribution in [2.24, 2.45) is 0 Å². The fraction of sp³-hybridized carbons (Fsp3) is 0.529. The highest BCUT2D eigenvalue weighted by atomic mass is 35.5. The van der Waals surface area contributed by atoms with Crippen LogP contribution in [0.2, 0.25) is 5.02 Å². The molecule has 130 valence electrons. The molecule has 7 heteroatoms. The Morgan fingerprint density at radius 1 is 1.17 bits per heavy atom. The summed E-state index contributed by atoms with van der Waals surface area (Å²) >= 11 is 7.28. The lowest BCUT2D eigenvalue weighted by atomic mass is 10.1. The molecule has 1 aromatic rings. The number of carbonyl (C=O) groups is 2. The van der Waals surface area contributed by atoms with Gasteiger partial charge in [0, 0.05) is 18.1 Å². The zero-order valence-corrected chi connectivity index (χ0v) is 15.0. The summed E-state index contributed by atoms with van der Waals surface area (Å²) in [5, 5.41) is 3.80. The molecule has 1 saturated heterocycles. The monoisotopic (exact) mass is 368 g/mol. The summed E-state index contributed by atoms with van der Waals surface area (Å²) in [7, 11) is 0. The minimum absolute atomic E-state index is 0.0257. The van der Waals surface area contributed by atoms with E-state index in [1.165, 1.54) is 11.8 Å². The SMILES string of the molecule is O=C(CSCC(=O)N1CCOCC1)NC1(c2ccc(Cl)cc2)CC1. The first-order chi connectivity index (χ1) is 11.6. The number of morpholine rings is 1. The second kappa shape index (κ2) is 7.76. The third kappa shape index (κ3) is 4.43. The highest BCUT2D eigenvalue weighted by molar-refractivity contribution is 8.00. The maximum absolute atomic E-state index is 12.2. The zero-order valence-electron chi connectivity index (χ0n) is 13.4. The van der Waals surface area contributed by atoms with Gasteiger partial charge in [-0.05, 0) is 30.5 Å². The molecular weight excluding hydrogens is 348 g/mol. The van der Waals surface area contributed by atoms with Crippen LogP contribution in [0.5, 0.6) is 0 Å². The van der Waals surface area contributed by atoms with E-state index >= 15 is 0 Å². The summed E-state index contributed by atoms with van der Waals surface area (Å²) in [5.41, 5.74) is 0.853. The van der Waals surface area contributed by atoms with Crippen molar-refractivity contribution in [3.63, 3.8) is 0 Å². The highest BCUT2D eigenvalue weighted by Crippen LogP contribution is 2.45. The molecule has 1 saturated carbocycles. The van der Waals surface area contributed by atoms with E-state index in [9.17, 15) is 9.59 Å². The van der Waals surface area contributed by atoms with Gasteiger partial charge < -0.3 is 15.0 Å². The van der Waals surface area contributed by atoms with E-state index in [4.69, 9.17) is 16.3 Å². The van der Waals surface area contributed by atoms with E-state index in [0.717, 1.165) is 18.4 Å². The van der Waals surface area contributed by atoms with Crippen LogP contribution in [0.4, 0.5) is 0 Å². The fourth-order valence-electron chi connectivity index (χ4n) is 2.82. The van der Waals surface area contributed by atoms with Gasteiger partial charge in [-0.3, -0.25) is 9.59 Å². The quantitative estimate of drug-likeness (QED) is 0.834. The summed E-state index contributed by atoms with van der Waals surface area (Å²) in [5.74, 6) is 0.685. The van der Waals surface area contributed by atoms with Gasteiger partial charge in [0.1, 0.15) is 0 Å². The summed E-state index contributed by atoms with van der Waals surface area (Å²) in [6, 6.07) is 7.62. The number of hydrogen-bond acceptors (Lipinski definition) is 4. The Hall–Kier alpha value is -1.24. The molecule has 1 aromatic carbocycles. The van der Waals surface area contributed by atoms with Crippen molar-refractivity contribution in [3.05, 3.63) is 34.9 Å². The predicted molar refractivity (Wildman–Crippen MR) is 95.2 cm³/mol. The number of ether oxygens (including phenoxy) is 1. The first kappa shape index (κ1) is 17.6. The molecule has 0 radical (unpaired) electrons. The molecule has 2 fully saturated rings. The van der Waals surface area contributed by atoms with Gasteiger partial charge in [0.25, 0.3) is 0 Å². The van der Waals surface area contributed by atoms with E-state index < -0.39 is 0 Å². The molecule has 0 spiro atoms. The normalized spacial score (nSPS) is 19.0. The third-order valence-corrected chi connectivity index (χ3v) is 5.52. The van der Waals surface area contributed by atoms with Crippen molar-refractivity contribution in [2.75, 3.05) is 37.8 Å². The van der Waals surface area contributed by atoms with Gasteiger partial charge in [-0.25, -0.2) is 0 Å². The highest BCUT2D eigenvalue weighted by Gasteiger charge is 2.45. The summed E-state index contributed by atoms with van der Waals surface area (Å²) in [4.78, 5) is 26.0. The van der Waals surface area contributed by atoms with Gasteiger partial charge in [-0.2, -0.15) is 0 Å². The molecule has 0 unspecified atom stereocenters. The molecule has 24 heavy (non-hydrogen) atoms. The Balaban J connectivity index is 1.42. The number of thioether (sulfide) groups is 1. The molecule has 2 aliphatic rings. The molecule has 3 rings (SSSR count). The number of nitrogens with zero attached hydrogens (tertiary/aromatic N) is 1. The first-order valence-electron chi connectivity index (χ1n) is 8.09. The van der Waals surface area contributed by atoms with Gasteiger partial charge in [0.2, 0.25) is 11.8 Å². The molecule has 1 heterocycles. The minimum Gasteiger partial charge on any atom is -0.378 e. The topological polar surface area (TPSA) is 58.6 Å². The predicted octanol–water partition coefficient (Wildman–Crippen LogP) is 2.04. The van der Waals surface area contributed by atoms with Crippen molar-refractivity contribution >= 4 is 35.2 Å². The molecule has 1 aliphatic carbocycles. The fourth-order valence-corrected chi connectivity index (χ4v) is 3.66. The molecule has 0 atom stereocenters. The summed E-state index contributed by atoms with van der Waals surface area (Å²) < 4.78 is 5.23. The van der Waals surface area contributed by atoms with Crippen molar-refractivity contribution in [3.8, 4) is 0 Å². The van der Waals surface area contributed by atoms with Gasteiger partial charge in [-0.1, -0.05) is 23.7 Å². The number of amides is 2. The number of benzene rings is 1. The average molecular weight is 369 g/mol. The molecule has 2 amide bonds. The average Bonchev–Trinajstić information content (AvgIpc) is 3.36. The van der Waals surface area contributed by atoms with Crippen LogP contribution in [0, 0.1) is 0 Å². The van der Waals surface area contributed by atoms with Crippen LogP contribution in [0.3, 0.4) is 0 Å². The second-order valence-electron chi connectivity index (χ2n) is 6.12. The molecular formula is C17H21ClN2O3S. The van der Waals surface area contributed by atoms with E-state index in [1.54, 1.807) is 4.90 Å². The summed E-state index contributed by atoms with van der Waals surface area (Å²) in [6.45, 7) is 2.48. The van der Waals surface area contributed by atoms with Crippen LogP contribution in [0.15, 0.2) is 24.3 Å². The van der Waals surface area contributed by atoms with E-state index in [2.05, 4.69) is 5.32 Å². The lowest BCUT2D eigenvalue weighted by Crippen LogP contribution is -2.42. The number of carbonyl (C=O) groups excluding carboxylic acids is 2. The standard InChI is InChI=1S/C17H21ClN2O3S/c18-14-3-1-13(2-4-14)17(5-6-17)19-15(21)11-24-12-16(22)20-7-9-23-10-8-20/h1-4H,5-12H2,(H,19,21). The van der Waals surface area contributed by atoms with Crippen LogP contribution >= 0.6 is 23.4 Å². The van der Waals surface area contributed by atoms with Crippen LogP contribution in [-0.2, 0) is 19.9 Å². The largest absolute Gasteiger partial charge is 0.378 e. The van der Waals surface area contributed by atoms with Gasteiger partial charge in [0.15, 0.2) is 0 Å². The van der Waals surface area contributed by atoms with Crippen molar-refractivity contribution < 1.29 is 14.3 Å². The van der Waals surface area contributed by atoms with Crippen LogP contribution in [-0.4, -0.2) is 54.5 Å². The number of hydrogen-bond donors (Lipinski definition) is 1. The van der Waals surface area contributed by atoms with Crippen molar-refractivity contribution in [1.29, 1.82) is 0 Å². The van der Waals surface area contributed by atoms with Gasteiger partial charge in [0.05, 0.1) is 30.3 Å². The Morgan fingerprint density at radius 3 is 2.46 bits per heavy atom. The second-order valence-corrected chi connectivity index (χ2v) is 7.55. The smallest absolute Gasteiger partial charge is 0.232 e.